The minimum absolute atomic E-state index is 0.00438. The number of hydrogen-bond acceptors (Lipinski definition) is 5. The van der Waals surface area contributed by atoms with E-state index in [0.29, 0.717) is 37.3 Å². The second-order valence-electron chi connectivity index (χ2n) is 17.8. The van der Waals surface area contributed by atoms with Crippen molar-refractivity contribution in [1.82, 2.24) is 15.5 Å². The van der Waals surface area contributed by atoms with Gasteiger partial charge in [-0.1, -0.05) is 175 Å². The smallest absolute Gasteiger partial charge is 0.305 e. The summed E-state index contributed by atoms with van der Waals surface area (Å²) in [4.78, 5) is 38.4. The maximum Gasteiger partial charge on any atom is 0.305 e. The van der Waals surface area contributed by atoms with E-state index in [2.05, 4.69) is 38.3 Å². The minimum atomic E-state index is 0.00438. The van der Waals surface area contributed by atoms with Gasteiger partial charge in [0.15, 0.2) is 0 Å². The highest BCUT2D eigenvalue weighted by Gasteiger charge is 2.14. The summed E-state index contributed by atoms with van der Waals surface area (Å²) >= 11 is 0. The number of hydrogen-bond donors (Lipinski definition) is 2. The van der Waals surface area contributed by atoms with Crippen LogP contribution in [0.5, 0.6) is 0 Å². The number of carbonyl (C=O) groups is 3. The third-order valence-corrected chi connectivity index (χ3v) is 12.2. The van der Waals surface area contributed by atoms with Crippen molar-refractivity contribution >= 4 is 17.8 Å². The number of esters is 1. The molecule has 0 aliphatic rings. The van der Waals surface area contributed by atoms with Gasteiger partial charge in [-0.25, -0.2) is 0 Å². The fourth-order valence-electron chi connectivity index (χ4n) is 8.06. The Bertz CT molecular complexity index is 899. The van der Waals surface area contributed by atoms with Crippen molar-refractivity contribution in [3.05, 3.63) is 0 Å². The van der Waals surface area contributed by atoms with Gasteiger partial charge in [-0.3, -0.25) is 14.4 Å². The molecule has 3 unspecified atom stereocenters. The second kappa shape index (κ2) is 42.5. The summed E-state index contributed by atoms with van der Waals surface area (Å²) in [5, 5.41) is 7.09. The molecular weight excluding hydrogens is 707 g/mol. The van der Waals surface area contributed by atoms with E-state index in [1.54, 1.807) is 11.8 Å². The third kappa shape index (κ3) is 38.3. The van der Waals surface area contributed by atoms with E-state index in [0.717, 1.165) is 51.7 Å². The number of rotatable bonds is 44. The van der Waals surface area contributed by atoms with Gasteiger partial charge in [-0.2, -0.15) is 0 Å². The van der Waals surface area contributed by atoms with Crippen LogP contribution in [0.2, 0.25) is 0 Å². The van der Waals surface area contributed by atoms with Gasteiger partial charge in [0.25, 0.3) is 0 Å². The van der Waals surface area contributed by atoms with Gasteiger partial charge < -0.3 is 20.3 Å². The molecule has 0 heterocycles. The summed E-state index contributed by atoms with van der Waals surface area (Å²) in [5.41, 5.74) is 0. The largest absolute Gasteiger partial charge is 0.465 e. The molecule has 0 bridgehead atoms. The Balaban J connectivity index is 4.30. The van der Waals surface area contributed by atoms with Crippen molar-refractivity contribution in [2.75, 3.05) is 33.3 Å². The fourth-order valence-corrected chi connectivity index (χ4v) is 8.06. The van der Waals surface area contributed by atoms with Gasteiger partial charge in [-0.15, -0.1) is 0 Å². The Kier molecular flexibility index (Phi) is 41.3. The van der Waals surface area contributed by atoms with Crippen molar-refractivity contribution in [2.24, 2.45) is 11.8 Å². The SMILES string of the molecule is CCCCCCC(CCCC)CNC(=O)CCCCCCCCC(CCCCCCCCC(=O)OCC(CCCCC)CCCCCC)NCCCN(C)C(C)=O. The first kappa shape index (κ1) is 55.4. The minimum Gasteiger partial charge on any atom is -0.465 e. The molecule has 2 amide bonds. The molecule has 57 heavy (non-hydrogen) atoms. The molecule has 0 aromatic heterocycles. The molecular formula is C50H99N3O4. The number of amides is 2. The molecule has 0 fully saturated rings. The maximum absolute atomic E-state index is 12.5. The normalized spacial score (nSPS) is 13.0. The maximum atomic E-state index is 12.5. The van der Waals surface area contributed by atoms with Crippen molar-refractivity contribution in [3.63, 3.8) is 0 Å². The highest BCUT2D eigenvalue weighted by molar-refractivity contribution is 5.75. The summed E-state index contributed by atoms with van der Waals surface area (Å²) in [6.45, 7) is 13.9. The van der Waals surface area contributed by atoms with E-state index in [1.165, 1.54) is 173 Å². The van der Waals surface area contributed by atoms with Crippen molar-refractivity contribution in [3.8, 4) is 0 Å². The van der Waals surface area contributed by atoms with Crippen molar-refractivity contribution < 1.29 is 19.1 Å². The molecule has 0 rings (SSSR count). The van der Waals surface area contributed by atoms with Crippen LogP contribution in [0, 0.1) is 11.8 Å². The van der Waals surface area contributed by atoms with Crippen LogP contribution >= 0.6 is 0 Å². The van der Waals surface area contributed by atoms with Crippen LogP contribution in [0.1, 0.15) is 253 Å². The first-order valence-electron chi connectivity index (χ1n) is 25.1. The average molecular weight is 806 g/mol. The number of nitrogens with zero attached hydrogens (tertiary/aromatic N) is 1. The Hall–Kier alpha value is -1.63. The molecule has 0 spiro atoms. The molecule has 338 valence electrons. The molecule has 0 aliphatic heterocycles. The molecule has 7 nitrogen and oxygen atoms in total. The molecule has 0 saturated carbocycles. The summed E-state index contributed by atoms with van der Waals surface area (Å²) in [6, 6.07) is 0.538. The Labute approximate surface area is 355 Å². The predicted octanol–water partition coefficient (Wildman–Crippen LogP) is 13.7. The highest BCUT2D eigenvalue weighted by Crippen LogP contribution is 2.20. The molecule has 0 aromatic carbocycles. The molecule has 0 aliphatic carbocycles. The number of nitrogens with one attached hydrogen (secondary N) is 2. The zero-order valence-corrected chi connectivity index (χ0v) is 39.2. The average Bonchev–Trinajstić information content (AvgIpc) is 3.20. The van der Waals surface area contributed by atoms with Crippen LogP contribution < -0.4 is 10.6 Å². The molecule has 7 heteroatoms. The molecule has 0 radical (unpaired) electrons. The van der Waals surface area contributed by atoms with Gasteiger partial charge in [0.2, 0.25) is 11.8 Å². The van der Waals surface area contributed by atoms with Gasteiger partial charge in [0.1, 0.15) is 0 Å². The number of ether oxygens (including phenoxy) is 1. The molecule has 2 N–H and O–H groups in total. The Morgan fingerprint density at radius 2 is 0.947 bits per heavy atom. The first-order chi connectivity index (χ1) is 27.8. The fraction of sp³-hybridized carbons (Fsp3) is 0.940. The van der Waals surface area contributed by atoms with Crippen LogP contribution in [0.25, 0.3) is 0 Å². The lowest BCUT2D eigenvalue weighted by molar-refractivity contribution is -0.145. The van der Waals surface area contributed by atoms with Gasteiger partial charge in [0.05, 0.1) is 6.61 Å². The second-order valence-corrected chi connectivity index (χ2v) is 17.8. The van der Waals surface area contributed by atoms with Crippen LogP contribution in [-0.4, -0.2) is 62.0 Å². The van der Waals surface area contributed by atoms with E-state index >= 15 is 0 Å². The van der Waals surface area contributed by atoms with Crippen molar-refractivity contribution in [1.29, 1.82) is 0 Å². The third-order valence-electron chi connectivity index (χ3n) is 12.2. The van der Waals surface area contributed by atoms with Gasteiger partial charge >= 0.3 is 5.97 Å². The lowest BCUT2D eigenvalue weighted by Gasteiger charge is -2.20. The summed E-state index contributed by atoms with van der Waals surface area (Å²) in [6.07, 6.45) is 40.3. The van der Waals surface area contributed by atoms with E-state index in [-0.39, 0.29) is 17.8 Å². The van der Waals surface area contributed by atoms with Gasteiger partial charge in [0, 0.05) is 45.9 Å². The zero-order chi connectivity index (χ0) is 42.0. The van der Waals surface area contributed by atoms with E-state index in [9.17, 15) is 14.4 Å². The van der Waals surface area contributed by atoms with Crippen LogP contribution in [0.4, 0.5) is 0 Å². The highest BCUT2D eigenvalue weighted by atomic mass is 16.5. The van der Waals surface area contributed by atoms with Crippen LogP contribution in [-0.2, 0) is 19.1 Å². The summed E-state index contributed by atoms with van der Waals surface area (Å²) in [5.74, 6) is 1.57. The van der Waals surface area contributed by atoms with Crippen molar-refractivity contribution in [2.45, 2.75) is 259 Å². The topological polar surface area (TPSA) is 87.7 Å². The lowest BCUT2D eigenvalue weighted by Crippen LogP contribution is -2.33. The summed E-state index contributed by atoms with van der Waals surface area (Å²) < 4.78 is 5.76. The summed E-state index contributed by atoms with van der Waals surface area (Å²) in [7, 11) is 1.89. The van der Waals surface area contributed by atoms with Gasteiger partial charge in [-0.05, 0) is 76.2 Å². The van der Waals surface area contributed by atoms with Crippen LogP contribution in [0.15, 0.2) is 0 Å². The van der Waals surface area contributed by atoms with E-state index in [4.69, 9.17) is 4.74 Å². The Morgan fingerprint density at radius 3 is 1.51 bits per heavy atom. The molecule has 3 atom stereocenters. The predicted molar refractivity (Wildman–Crippen MR) is 246 cm³/mol. The first-order valence-corrected chi connectivity index (χ1v) is 25.1. The Morgan fingerprint density at radius 1 is 0.509 bits per heavy atom. The number of unbranched alkanes of at least 4 members (excludes halogenated alkanes) is 19. The van der Waals surface area contributed by atoms with Crippen LogP contribution in [0.3, 0.4) is 0 Å². The molecule has 0 aromatic rings. The quantitative estimate of drug-likeness (QED) is 0.0473. The van der Waals surface area contributed by atoms with E-state index in [1.807, 2.05) is 7.05 Å². The number of carbonyl (C=O) groups excluding carboxylic acids is 3. The lowest BCUT2D eigenvalue weighted by atomic mass is 9.95. The van der Waals surface area contributed by atoms with E-state index < -0.39 is 0 Å². The molecule has 0 saturated heterocycles. The zero-order valence-electron chi connectivity index (χ0n) is 39.2. The monoisotopic (exact) mass is 806 g/mol. The standard InChI is InChI=1S/C50H99N3O4/c1-7-11-15-26-34-46(33-14-10-4)43-52-49(55)39-30-23-19-17-21-28-37-48(51-41-32-42-53(6)45(5)54)38-29-22-18-20-24-31-40-50(56)57-44-47(35-25-13-9-3)36-27-16-12-8-2/h46-48,51H,7-44H2,1-6H3,(H,52,55).